The second-order valence-electron chi connectivity index (χ2n) is 5.81. The van der Waals surface area contributed by atoms with Crippen LogP contribution in [-0.4, -0.2) is 31.7 Å². The van der Waals surface area contributed by atoms with E-state index < -0.39 is 34.0 Å². The molecule has 0 aromatic heterocycles. The number of carboxylic acids is 1. The zero-order valence-electron chi connectivity index (χ0n) is 14.4. The number of hydrogen-bond acceptors (Lipinski definition) is 5. The second-order valence-corrected chi connectivity index (χ2v) is 7.76. The lowest BCUT2D eigenvalue weighted by Crippen LogP contribution is -2.12. The average Bonchev–Trinajstić information content (AvgIpc) is 2.47. The largest absolute Gasteiger partial charge is 0.481 e. The van der Waals surface area contributed by atoms with Gasteiger partial charge in [0, 0.05) is 24.3 Å². The maximum Gasteiger partial charge on any atom is 0.308 e. The van der Waals surface area contributed by atoms with Crippen LogP contribution in [0.4, 0.5) is 4.39 Å². The summed E-state index contributed by atoms with van der Waals surface area (Å²) < 4.78 is 43.6. The third-order valence-corrected chi connectivity index (χ3v) is 4.90. The Morgan fingerprint density at radius 1 is 1.23 bits per heavy atom. The quantitative estimate of drug-likeness (QED) is 0.633. The van der Waals surface area contributed by atoms with E-state index in [-0.39, 0.29) is 32.9 Å². The first-order valence-corrected chi connectivity index (χ1v) is 9.42. The second kappa shape index (κ2) is 7.25. The van der Waals surface area contributed by atoms with Crippen molar-refractivity contribution < 1.29 is 32.2 Å². The number of rotatable bonds is 5. The van der Waals surface area contributed by atoms with Crippen LogP contribution < -0.4 is 4.74 Å². The first kappa shape index (κ1) is 19.6. The van der Waals surface area contributed by atoms with Gasteiger partial charge in [0.15, 0.2) is 9.84 Å². The number of sulfone groups is 1. The Morgan fingerprint density at radius 3 is 2.38 bits per heavy atom. The van der Waals surface area contributed by atoms with Crippen molar-refractivity contribution in [2.45, 2.75) is 25.2 Å². The summed E-state index contributed by atoms with van der Waals surface area (Å²) in [6.07, 6.45) is 0.434. The molecule has 0 saturated heterocycles. The first-order valence-electron chi connectivity index (χ1n) is 7.53. The van der Waals surface area contributed by atoms with E-state index in [9.17, 15) is 27.5 Å². The molecule has 0 bridgehead atoms. The molecule has 0 fully saturated rings. The third kappa shape index (κ3) is 4.26. The molecule has 26 heavy (non-hydrogen) atoms. The van der Waals surface area contributed by atoms with E-state index in [4.69, 9.17) is 4.74 Å². The van der Waals surface area contributed by atoms with Gasteiger partial charge in [-0.1, -0.05) is 12.1 Å². The molecule has 6 nitrogen and oxygen atoms in total. The Balaban J connectivity index is 2.96. The van der Waals surface area contributed by atoms with Gasteiger partial charge in [0.05, 0.1) is 11.3 Å². The highest BCUT2D eigenvalue weighted by Crippen LogP contribution is 2.39. The van der Waals surface area contributed by atoms with Crippen LogP contribution in [0.3, 0.4) is 0 Å². The normalized spacial score (nSPS) is 11.2. The zero-order valence-corrected chi connectivity index (χ0v) is 15.2. The van der Waals surface area contributed by atoms with E-state index in [1.165, 1.54) is 31.2 Å². The minimum Gasteiger partial charge on any atom is -0.481 e. The van der Waals surface area contributed by atoms with Crippen molar-refractivity contribution in [2.24, 2.45) is 0 Å². The van der Waals surface area contributed by atoms with Crippen LogP contribution in [0.15, 0.2) is 35.2 Å². The van der Waals surface area contributed by atoms with Crippen molar-refractivity contribution in [2.75, 3.05) is 6.26 Å². The molecule has 0 radical (unpaired) electrons. The maximum atomic E-state index is 13.7. The molecule has 2 aromatic carbocycles. The van der Waals surface area contributed by atoms with Gasteiger partial charge in [-0.25, -0.2) is 12.8 Å². The number of hydrogen-bond donors (Lipinski definition) is 1. The van der Waals surface area contributed by atoms with Crippen LogP contribution in [-0.2, 0) is 25.8 Å². The Bertz CT molecular complexity index is 995. The number of carbonyl (C=O) groups excluding carboxylic acids is 1. The molecule has 2 aromatic rings. The van der Waals surface area contributed by atoms with Crippen LogP contribution in [0.5, 0.6) is 5.75 Å². The summed E-state index contributed by atoms with van der Waals surface area (Å²) in [5, 5.41) is 9.20. The van der Waals surface area contributed by atoms with Gasteiger partial charge in [0.25, 0.3) is 0 Å². The minimum absolute atomic E-state index is 0.0469. The fourth-order valence-electron chi connectivity index (χ4n) is 2.77. The van der Waals surface area contributed by atoms with Gasteiger partial charge in [-0.05, 0) is 36.2 Å². The number of carbonyl (C=O) groups is 2. The molecular formula is C18H17FO6S. The van der Waals surface area contributed by atoms with Crippen molar-refractivity contribution in [1.29, 1.82) is 0 Å². The summed E-state index contributed by atoms with van der Waals surface area (Å²) in [7, 11) is -3.85. The molecule has 0 unspecified atom stereocenters. The molecular weight excluding hydrogens is 363 g/mol. The third-order valence-electron chi connectivity index (χ3n) is 3.64. The molecule has 0 spiro atoms. The summed E-state index contributed by atoms with van der Waals surface area (Å²) in [5.74, 6) is -2.52. The van der Waals surface area contributed by atoms with E-state index in [1.807, 2.05) is 0 Å². The smallest absolute Gasteiger partial charge is 0.308 e. The first-order chi connectivity index (χ1) is 12.0. The number of aliphatic carboxylic acids is 1. The van der Waals surface area contributed by atoms with Gasteiger partial charge in [0.2, 0.25) is 0 Å². The van der Waals surface area contributed by atoms with E-state index in [2.05, 4.69) is 0 Å². The van der Waals surface area contributed by atoms with Crippen molar-refractivity contribution in [3.63, 3.8) is 0 Å². The lowest BCUT2D eigenvalue weighted by atomic mass is 9.94. The molecule has 0 aliphatic rings. The fourth-order valence-corrected chi connectivity index (χ4v) is 4.05. The summed E-state index contributed by atoms with van der Waals surface area (Å²) in [5.41, 5.74) is 0.559. The maximum absolute atomic E-state index is 13.7. The van der Waals surface area contributed by atoms with E-state index in [0.29, 0.717) is 0 Å². The predicted octanol–water partition coefficient (Wildman–Crippen LogP) is 2.76. The van der Waals surface area contributed by atoms with Crippen molar-refractivity contribution >= 4 is 21.8 Å². The molecule has 0 amide bonds. The van der Waals surface area contributed by atoms with E-state index in [1.54, 1.807) is 0 Å². The van der Waals surface area contributed by atoms with Gasteiger partial charge < -0.3 is 9.84 Å². The predicted molar refractivity (Wildman–Crippen MR) is 92.3 cm³/mol. The van der Waals surface area contributed by atoms with Crippen LogP contribution in [0.2, 0.25) is 0 Å². The van der Waals surface area contributed by atoms with Crippen LogP contribution in [0.25, 0.3) is 11.1 Å². The number of ether oxygens (including phenoxy) is 1. The lowest BCUT2D eigenvalue weighted by Gasteiger charge is -2.19. The molecule has 0 heterocycles. The van der Waals surface area contributed by atoms with Gasteiger partial charge in [-0.2, -0.15) is 0 Å². The SMILES string of the molecule is CC(=O)Oc1cc(CC(=O)O)c(-c2cccc(F)c2)c(S(C)(=O)=O)c1C. The highest BCUT2D eigenvalue weighted by Gasteiger charge is 2.26. The lowest BCUT2D eigenvalue weighted by molar-refractivity contribution is -0.136. The van der Waals surface area contributed by atoms with Gasteiger partial charge in [-0.3, -0.25) is 9.59 Å². The number of carboxylic acid groups (broad SMARTS) is 1. The van der Waals surface area contributed by atoms with Crippen molar-refractivity contribution in [3.8, 4) is 16.9 Å². The summed E-state index contributed by atoms with van der Waals surface area (Å²) >= 11 is 0. The molecule has 8 heteroatoms. The topological polar surface area (TPSA) is 97.7 Å². The molecule has 1 N–H and O–H groups in total. The molecule has 2 rings (SSSR count). The molecule has 0 aliphatic heterocycles. The van der Waals surface area contributed by atoms with E-state index >= 15 is 0 Å². The van der Waals surface area contributed by atoms with Gasteiger partial charge in [-0.15, -0.1) is 0 Å². The monoisotopic (exact) mass is 380 g/mol. The van der Waals surface area contributed by atoms with E-state index in [0.717, 1.165) is 19.2 Å². The molecule has 0 atom stereocenters. The number of benzene rings is 2. The standard InChI is InChI=1S/C18H17FO6S/c1-10-15(25-11(2)20)8-13(9-16(21)22)17(18(10)26(3,23)24)12-5-4-6-14(19)7-12/h4-8H,9H2,1-3H3,(H,21,22). The molecule has 0 aliphatic carbocycles. The summed E-state index contributed by atoms with van der Waals surface area (Å²) in [4.78, 5) is 22.4. The minimum atomic E-state index is -3.85. The summed E-state index contributed by atoms with van der Waals surface area (Å²) in [6, 6.07) is 6.51. The Labute approximate surface area is 150 Å². The van der Waals surface area contributed by atoms with Crippen molar-refractivity contribution in [3.05, 3.63) is 47.3 Å². The van der Waals surface area contributed by atoms with Crippen LogP contribution in [0.1, 0.15) is 18.1 Å². The van der Waals surface area contributed by atoms with Crippen molar-refractivity contribution in [1.82, 2.24) is 0 Å². The Morgan fingerprint density at radius 2 is 1.88 bits per heavy atom. The van der Waals surface area contributed by atoms with Crippen LogP contribution >= 0.6 is 0 Å². The van der Waals surface area contributed by atoms with Gasteiger partial charge >= 0.3 is 11.9 Å². The number of halogens is 1. The zero-order chi connectivity index (χ0) is 19.6. The Kier molecular flexibility index (Phi) is 5.46. The summed E-state index contributed by atoms with van der Waals surface area (Å²) in [6.45, 7) is 2.60. The Hall–Kier alpha value is -2.74. The highest BCUT2D eigenvalue weighted by molar-refractivity contribution is 7.91. The highest BCUT2D eigenvalue weighted by atomic mass is 32.2. The molecule has 0 saturated carbocycles. The molecule has 138 valence electrons. The van der Waals surface area contributed by atoms with Crippen LogP contribution in [0, 0.1) is 12.7 Å². The van der Waals surface area contributed by atoms with Gasteiger partial charge in [0.1, 0.15) is 11.6 Å². The average molecular weight is 380 g/mol. The fraction of sp³-hybridized carbons (Fsp3) is 0.222. The number of esters is 1.